The molecular weight excluding hydrogens is 198 g/mol. The third-order valence-corrected chi connectivity index (χ3v) is 6.22. The van der Waals surface area contributed by atoms with Crippen molar-refractivity contribution in [3.05, 3.63) is 0 Å². The highest BCUT2D eigenvalue weighted by atomic mass is 32.2. The van der Waals surface area contributed by atoms with Crippen LogP contribution in [-0.2, 0) is 9.84 Å². The second-order valence-corrected chi connectivity index (χ2v) is 6.98. The fraction of sp³-hybridized carbons (Fsp3) is 1.00. The Hall–Kier alpha value is -0.0900. The van der Waals surface area contributed by atoms with Crippen LogP contribution >= 0.6 is 0 Å². The summed E-state index contributed by atoms with van der Waals surface area (Å²) in [6.07, 6.45) is 5.74. The van der Waals surface area contributed by atoms with Gasteiger partial charge in [-0.05, 0) is 24.8 Å². The van der Waals surface area contributed by atoms with Crippen LogP contribution in [0.3, 0.4) is 0 Å². The predicted molar refractivity (Wildman–Crippen MR) is 56.7 cm³/mol. The molecule has 2 atom stereocenters. The van der Waals surface area contributed by atoms with Gasteiger partial charge < -0.3 is 5.73 Å². The van der Waals surface area contributed by atoms with Gasteiger partial charge in [0.15, 0.2) is 9.84 Å². The molecule has 0 radical (unpaired) electrons. The van der Waals surface area contributed by atoms with E-state index in [1.54, 1.807) is 0 Å². The first-order valence-electron chi connectivity index (χ1n) is 5.57. The van der Waals surface area contributed by atoms with Gasteiger partial charge in [-0.1, -0.05) is 25.7 Å². The lowest BCUT2D eigenvalue weighted by Crippen LogP contribution is -2.47. The Morgan fingerprint density at radius 2 is 1.86 bits per heavy atom. The molecule has 1 saturated heterocycles. The van der Waals surface area contributed by atoms with E-state index < -0.39 is 9.84 Å². The quantitative estimate of drug-likeness (QED) is 0.765. The standard InChI is InChI=1S/C10H19NO2S/c11-7-9(8-3-1-2-4-8)10-5-6-14(10,12)13/h8-10H,1-7,11H2. The van der Waals surface area contributed by atoms with E-state index in [1.165, 1.54) is 25.7 Å². The molecular formula is C10H19NO2S. The maximum absolute atomic E-state index is 11.5. The van der Waals surface area contributed by atoms with Crippen LogP contribution in [-0.4, -0.2) is 26.0 Å². The summed E-state index contributed by atoms with van der Waals surface area (Å²) >= 11 is 0. The highest BCUT2D eigenvalue weighted by Gasteiger charge is 2.44. The molecule has 0 spiro atoms. The molecule has 14 heavy (non-hydrogen) atoms. The van der Waals surface area contributed by atoms with Crippen LogP contribution < -0.4 is 5.73 Å². The van der Waals surface area contributed by atoms with E-state index in [-0.39, 0.29) is 11.2 Å². The van der Waals surface area contributed by atoms with Crippen LogP contribution in [0.1, 0.15) is 32.1 Å². The molecule has 2 N–H and O–H groups in total. The van der Waals surface area contributed by atoms with E-state index in [0.717, 1.165) is 6.42 Å². The van der Waals surface area contributed by atoms with E-state index in [1.807, 2.05) is 0 Å². The summed E-state index contributed by atoms with van der Waals surface area (Å²) in [5.74, 6) is 1.22. The molecule has 0 aromatic rings. The van der Waals surface area contributed by atoms with E-state index in [4.69, 9.17) is 5.73 Å². The van der Waals surface area contributed by atoms with Gasteiger partial charge in [-0.2, -0.15) is 0 Å². The monoisotopic (exact) mass is 217 g/mol. The third-order valence-electron chi connectivity index (χ3n) is 3.90. The zero-order chi connectivity index (χ0) is 10.2. The Morgan fingerprint density at radius 1 is 1.21 bits per heavy atom. The average molecular weight is 217 g/mol. The molecule has 0 bridgehead atoms. The Morgan fingerprint density at radius 3 is 2.21 bits per heavy atom. The van der Waals surface area contributed by atoms with Crippen LogP contribution in [0, 0.1) is 11.8 Å². The Bertz CT molecular complexity index is 293. The Labute approximate surface area is 86.0 Å². The minimum Gasteiger partial charge on any atom is -0.330 e. The van der Waals surface area contributed by atoms with Crippen LogP contribution in [0.5, 0.6) is 0 Å². The molecule has 1 aliphatic carbocycles. The number of hydrogen-bond donors (Lipinski definition) is 1. The number of nitrogens with two attached hydrogens (primary N) is 1. The smallest absolute Gasteiger partial charge is 0.153 e. The molecule has 0 aromatic heterocycles. The van der Waals surface area contributed by atoms with Crippen LogP contribution in [0.4, 0.5) is 0 Å². The van der Waals surface area contributed by atoms with E-state index in [0.29, 0.717) is 18.2 Å². The first-order valence-corrected chi connectivity index (χ1v) is 7.28. The number of rotatable bonds is 3. The van der Waals surface area contributed by atoms with Crippen molar-refractivity contribution in [1.82, 2.24) is 0 Å². The van der Waals surface area contributed by atoms with Gasteiger partial charge in [-0.25, -0.2) is 8.42 Å². The molecule has 2 rings (SSSR count). The fourth-order valence-electron chi connectivity index (χ4n) is 2.96. The van der Waals surface area contributed by atoms with E-state index in [9.17, 15) is 8.42 Å². The van der Waals surface area contributed by atoms with Crippen molar-refractivity contribution in [2.24, 2.45) is 17.6 Å². The minimum atomic E-state index is -2.75. The molecule has 1 heterocycles. The summed E-state index contributed by atoms with van der Waals surface area (Å²) in [7, 11) is -2.75. The van der Waals surface area contributed by atoms with Gasteiger partial charge in [0.25, 0.3) is 0 Å². The van der Waals surface area contributed by atoms with E-state index in [2.05, 4.69) is 0 Å². The largest absolute Gasteiger partial charge is 0.330 e. The summed E-state index contributed by atoms with van der Waals surface area (Å²) in [6, 6.07) is 0. The topological polar surface area (TPSA) is 60.2 Å². The first kappa shape index (κ1) is 10.4. The molecule has 2 unspecified atom stereocenters. The second kappa shape index (κ2) is 3.81. The molecule has 4 heteroatoms. The third kappa shape index (κ3) is 1.70. The maximum Gasteiger partial charge on any atom is 0.153 e. The molecule has 1 saturated carbocycles. The van der Waals surface area contributed by atoms with Gasteiger partial charge in [0.2, 0.25) is 0 Å². The van der Waals surface area contributed by atoms with Crippen molar-refractivity contribution in [3.8, 4) is 0 Å². The first-order chi connectivity index (χ1) is 6.65. The normalized spacial score (nSPS) is 33.9. The SMILES string of the molecule is NCC(C1CCCC1)C1CCS1(=O)=O. The molecule has 82 valence electrons. The number of hydrogen-bond acceptors (Lipinski definition) is 3. The van der Waals surface area contributed by atoms with Crippen molar-refractivity contribution >= 4 is 9.84 Å². The Balaban J connectivity index is 2.05. The van der Waals surface area contributed by atoms with Gasteiger partial charge in [0.1, 0.15) is 0 Å². The van der Waals surface area contributed by atoms with Crippen molar-refractivity contribution in [2.45, 2.75) is 37.4 Å². The van der Waals surface area contributed by atoms with Crippen LogP contribution in [0.15, 0.2) is 0 Å². The van der Waals surface area contributed by atoms with Gasteiger partial charge in [0.05, 0.1) is 11.0 Å². The molecule has 2 fully saturated rings. The van der Waals surface area contributed by atoms with Crippen LogP contribution in [0.2, 0.25) is 0 Å². The summed E-state index contributed by atoms with van der Waals surface area (Å²) in [4.78, 5) is 0. The van der Waals surface area contributed by atoms with Crippen molar-refractivity contribution in [1.29, 1.82) is 0 Å². The minimum absolute atomic E-state index is 0.101. The highest BCUT2D eigenvalue weighted by molar-refractivity contribution is 7.93. The van der Waals surface area contributed by atoms with E-state index >= 15 is 0 Å². The van der Waals surface area contributed by atoms with Gasteiger partial charge in [0, 0.05) is 0 Å². The number of sulfone groups is 1. The molecule has 3 nitrogen and oxygen atoms in total. The molecule has 0 amide bonds. The zero-order valence-electron chi connectivity index (χ0n) is 8.48. The zero-order valence-corrected chi connectivity index (χ0v) is 9.30. The van der Waals surface area contributed by atoms with Crippen molar-refractivity contribution < 1.29 is 8.42 Å². The lowest BCUT2D eigenvalue weighted by Gasteiger charge is -2.36. The predicted octanol–water partition coefficient (Wildman–Crippen LogP) is 0.939. The molecule has 1 aliphatic heterocycles. The average Bonchev–Trinajstić information content (AvgIpc) is 2.64. The Kier molecular flexibility index (Phi) is 2.84. The summed E-state index contributed by atoms with van der Waals surface area (Å²) in [5, 5.41) is -0.101. The van der Waals surface area contributed by atoms with Crippen LogP contribution in [0.25, 0.3) is 0 Å². The molecule has 2 aliphatic rings. The molecule has 0 aromatic carbocycles. The fourth-order valence-corrected chi connectivity index (χ4v) is 4.72. The van der Waals surface area contributed by atoms with Crippen molar-refractivity contribution in [3.63, 3.8) is 0 Å². The lowest BCUT2D eigenvalue weighted by molar-refractivity contribution is 0.312. The van der Waals surface area contributed by atoms with Crippen molar-refractivity contribution in [2.75, 3.05) is 12.3 Å². The summed E-state index contributed by atoms with van der Waals surface area (Å²) in [5.41, 5.74) is 5.72. The summed E-state index contributed by atoms with van der Waals surface area (Å²) in [6.45, 7) is 0.550. The van der Waals surface area contributed by atoms with Gasteiger partial charge in [-0.3, -0.25) is 0 Å². The highest BCUT2D eigenvalue weighted by Crippen LogP contribution is 2.39. The maximum atomic E-state index is 11.5. The van der Waals surface area contributed by atoms with Gasteiger partial charge >= 0.3 is 0 Å². The van der Waals surface area contributed by atoms with Gasteiger partial charge in [-0.15, -0.1) is 0 Å². The summed E-state index contributed by atoms with van der Waals surface area (Å²) < 4.78 is 23.0. The second-order valence-electron chi connectivity index (χ2n) is 4.64. The lowest BCUT2D eigenvalue weighted by atomic mass is 9.86.